The number of aryl methyl sites for hydroxylation is 1. The predicted octanol–water partition coefficient (Wildman–Crippen LogP) is 2.51. The number of nitrogens with zero attached hydrogens (tertiary/aromatic N) is 1. The third-order valence-corrected chi connectivity index (χ3v) is 8.00. The first kappa shape index (κ1) is 19.0. The molecule has 140 valence electrons. The summed E-state index contributed by atoms with van der Waals surface area (Å²) in [7, 11) is -3.73. The van der Waals surface area contributed by atoms with Crippen LogP contribution in [0, 0.1) is 6.92 Å². The molecule has 0 aliphatic carbocycles. The summed E-state index contributed by atoms with van der Waals surface area (Å²) in [5.41, 5.74) is 1.20. The van der Waals surface area contributed by atoms with Crippen LogP contribution >= 0.6 is 11.3 Å². The summed E-state index contributed by atoms with van der Waals surface area (Å²) in [6, 6.07) is 9.13. The van der Waals surface area contributed by atoms with Crippen molar-refractivity contribution in [1.82, 2.24) is 4.31 Å². The van der Waals surface area contributed by atoms with Crippen LogP contribution in [0.4, 0.5) is 0 Å². The molecule has 0 radical (unpaired) electrons. The lowest BCUT2D eigenvalue weighted by molar-refractivity contribution is -0.00439. The maximum absolute atomic E-state index is 12.7. The lowest BCUT2D eigenvalue weighted by Crippen LogP contribution is -2.47. The highest BCUT2D eigenvalue weighted by molar-refractivity contribution is 7.91. The summed E-state index contributed by atoms with van der Waals surface area (Å²) in [5, 5.41) is 21.1. The molecule has 0 saturated carbocycles. The number of carbonyl (C=O) groups is 1. The van der Waals surface area contributed by atoms with E-state index in [1.807, 2.05) is 31.2 Å². The Morgan fingerprint density at radius 2 is 1.96 bits per heavy atom. The van der Waals surface area contributed by atoms with Crippen LogP contribution < -0.4 is 0 Å². The van der Waals surface area contributed by atoms with E-state index in [1.54, 1.807) is 0 Å². The molecule has 2 aromatic rings. The molecule has 0 amide bonds. The minimum absolute atomic E-state index is 0.0264. The molecule has 1 saturated heterocycles. The predicted molar refractivity (Wildman–Crippen MR) is 99.1 cm³/mol. The fourth-order valence-corrected chi connectivity index (χ4v) is 5.96. The van der Waals surface area contributed by atoms with Crippen LogP contribution in [0.2, 0.25) is 0 Å². The molecular weight excluding hydrogens is 374 g/mol. The van der Waals surface area contributed by atoms with Crippen molar-refractivity contribution in [2.24, 2.45) is 0 Å². The quantitative estimate of drug-likeness (QED) is 0.811. The molecule has 0 spiro atoms. The average molecular weight is 396 g/mol. The van der Waals surface area contributed by atoms with E-state index in [9.17, 15) is 18.3 Å². The number of piperidine rings is 1. The zero-order valence-corrected chi connectivity index (χ0v) is 16.0. The Kier molecular flexibility index (Phi) is 5.21. The minimum Gasteiger partial charge on any atom is -0.478 e. The molecule has 0 bridgehead atoms. The van der Waals surface area contributed by atoms with Crippen LogP contribution in [0.3, 0.4) is 0 Å². The Bertz CT molecular complexity index is 911. The van der Waals surface area contributed by atoms with E-state index in [-0.39, 0.29) is 22.9 Å². The van der Waals surface area contributed by atoms with Crippen molar-refractivity contribution in [3.05, 3.63) is 52.4 Å². The summed E-state index contributed by atoms with van der Waals surface area (Å²) in [4.78, 5) is 11.0. The maximum atomic E-state index is 12.7. The van der Waals surface area contributed by atoms with Crippen molar-refractivity contribution in [2.75, 3.05) is 13.1 Å². The van der Waals surface area contributed by atoms with Gasteiger partial charge in [-0.3, -0.25) is 0 Å². The van der Waals surface area contributed by atoms with Gasteiger partial charge in [0, 0.05) is 24.9 Å². The summed E-state index contributed by atoms with van der Waals surface area (Å²) in [6.45, 7) is 2.42. The third kappa shape index (κ3) is 3.98. The van der Waals surface area contributed by atoms with Gasteiger partial charge in [-0.2, -0.15) is 4.31 Å². The van der Waals surface area contributed by atoms with Crippen LogP contribution in [-0.4, -0.2) is 47.6 Å². The molecule has 8 heteroatoms. The molecule has 1 aromatic carbocycles. The smallest absolute Gasteiger partial charge is 0.336 e. The van der Waals surface area contributed by atoms with Crippen LogP contribution in [0.5, 0.6) is 0 Å². The molecule has 1 fully saturated rings. The van der Waals surface area contributed by atoms with E-state index < -0.39 is 21.6 Å². The van der Waals surface area contributed by atoms with E-state index in [4.69, 9.17) is 5.11 Å². The van der Waals surface area contributed by atoms with Gasteiger partial charge in [-0.1, -0.05) is 29.8 Å². The Morgan fingerprint density at radius 1 is 1.27 bits per heavy atom. The third-order valence-electron chi connectivity index (χ3n) is 4.69. The molecular formula is C18H21NO5S2. The summed E-state index contributed by atoms with van der Waals surface area (Å²) >= 11 is 0.910. The van der Waals surface area contributed by atoms with Crippen molar-refractivity contribution in [1.29, 1.82) is 0 Å². The number of sulfonamides is 1. The molecule has 3 rings (SSSR count). The van der Waals surface area contributed by atoms with Crippen molar-refractivity contribution in [3.63, 3.8) is 0 Å². The highest BCUT2D eigenvalue weighted by Crippen LogP contribution is 2.31. The fourth-order valence-electron chi connectivity index (χ4n) is 3.21. The Balaban J connectivity index is 1.69. The number of thiophene rings is 1. The van der Waals surface area contributed by atoms with Gasteiger partial charge in [0.2, 0.25) is 0 Å². The molecule has 2 heterocycles. The second-order valence-electron chi connectivity index (χ2n) is 6.75. The van der Waals surface area contributed by atoms with Gasteiger partial charge >= 0.3 is 5.97 Å². The first-order valence-corrected chi connectivity index (χ1v) is 10.6. The van der Waals surface area contributed by atoms with Gasteiger partial charge in [0.05, 0.1) is 11.2 Å². The second-order valence-corrected chi connectivity index (χ2v) is 9.83. The van der Waals surface area contributed by atoms with Crippen molar-refractivity contribution < 1.29 is 23.4 Å². The average Bonchev–Trinajstić information content (AvgIpc) is 3.06. The van der Waals surface area contributed by atoms with E-state index >= 15 is 0 Å². The van der Waals surface area contributed by atoms with Crippen LogP contribution in [-0.2, 0) is 16.4 Å². The number of aliphatic hydroxyl groups is 1. The van der Waals surface area contributed by atoms with Crippen LogP contribution in [0.25, 0.3) is 0 Å². The largest absolute Gasteiger partial charge is 0.478 e. The second kappa shape index (κ2) is 7.11. The van der Waals surface area contributed by atoms with E-state index in [0.29, 0.717) is 19.3 Å². The number of hydrogen-bond acceptors (Lipinski definition) is 5. The molecule has 6 nitrogen and oxygen atoms in total. The topological polar surface area (TPSA) is 94.9 Å². The number of benzene rings is 1. The number of hydrogen-bond donors (Lipinski definition) is 2. The first-order chi connectivity index (χ1) is 12.2. The summed E-state index contributed by atoms with van der Waals surface area (Å²) < 4.78 is 26.8. The monoisotopic (exact) mass is 395 g/mol. The van der Waals surface area contributed by atoms with Crippen LogP contribution in [0.15, 0.2) is 39.9 Å². The zero-order valence-electron chi connectivity index (χ0n) is 14.4. The number of aromatic carboxylic acids is 1. The van der Waals surface area contributed by atoms with E-state index in [2.05, 4.69) is 0 Å². The zero-order chi connectivity index (χ0) is 18.9. The Labute approximate surface area is 156 Å². The molecule has 1 aliphatic heterocycles. The molecule has 1 aromatic heterocycles. The lowest BCUT2D eigenvalue weighted by atomic mass is 9.86. The summed E-state index contributed by atoms with van der Waals surface area (Å²) in [5.74, 6) is -1.14. The number of rotatable bonds is 5. The Morgan fingerprint density at radius 3 is 2.54 bits per heavy atom. The van der Waals surface area contributed by atoms with Crippen molar-refractivity contribution in [2.45, 2.75) is 36.0 Å². The number of carboxylic acids is 1. The minimum atomic E-state index is -3.73. The maximum Gasteiger partial charge on any atom is 0.336 e. The van der Waals surface area contributed by atoms with Crippen LogP contribution in [0.1, 0.15) is 34.3 Å². The van der Waals surface area contributed by atoms with Crippen molar-refractivity contribution in [3.8, 4) is 0 Å². The normalized spacial score (nSPS) is 17.9. The van der Waals surface area contributed by atoms with E-state index in [1.165, 1.54) is 15.8 Å². The highest BCUT2D eigenvalue weighted by Gasteiger charge is 2.37. The van der Waals surface area contributed by atoms with Gasteiger partial charge in [0.1, 0.15) is 4.21 Å². The highest BCUT2D eigenvalue weighted by atomic mass is 32.2. The molecule has 2 N–H and O–H groups in total. The molecule has 26 heavy (non-hydrogen) atoms. The first-order valence-electron chi connectivity index (χ1n) is 8.30. The fraction of sp³-hybridized carbons (Fsp3) is 0.389. The van der Waals surface area contributed by atoms with Gasteiger partial charge in [-0.15, -0.1) is 11.3 Å². The molecule has 0 unspecified atom stereocenters. The van der Waals surface area contributed by atoms with E-state index in [0.717, 1.165) is 22.5 Å². The van der Waals surface area contributed by atoms with Gasteiger partial charge in [0.25, 0.3) is 10.0 Å². The Hall–Kier alpha value is -1.74. The number of carboxylic acid groups (broad SMARTS) is 1. The van der Waals surface area contributed by atoms with Gasteiger partial charge in [0.15, 0.2) is 0 Å². The standard InChI is InChI=1S/C18H21NO5S2/c1-13-3-2-4-14(9-13)11-18(22)5-7-19(8-6-18)26(23,24)16-10-15(12-25-16)17(20)21/h2-4,9-10,12,22H,5-8,11H2,1H3,(H,20,21). The van der Waals surface area contributed by atoms with Gasteiger partial charge in [-0.05, 0) is 31.4 Å². The molecule has 1 aliphatic rings. The lowest BCUT2D eigenvalue weighted by Gasteiger charge is -2.37. The summed E-state index contributed by atoms with van der Waals surface area (Å²) in [6.07, 6.45) is 1.18. The SMILES string of the molecule is Cc1cccc(CC2(O)CCN(S(=O)(=O)c3cc(C(=O)O)cs3)CC2)c1. The molecule has 0 atom stereocenters. The van der Waals surface area contributed by atoms with Gasteiger partial charge < -0.3 is 10.2 Å². The van der Waals surface area contributed by atoms with Gasteiger partial charge in [-0.25, -0.2) is 13.2 Å². The van der Waals surface area contributed by atoms with Crippen molar-refractivity contribution >= 4 is 27.3 Å².